The van der Waals surface area contributed by atoms with Crippen LogP contribution in [0.15, 0.2) is 41.3 Å². The fraction of sp³-hybridized carbons (Fsp3) is 0.286. The van der Waals surface area contributed by atoms with E-state index in [1.165, 1.54) is 0 Å². The fourth-order valence-corrected chi connectivity index (χ4v) is 3.12. The van der Waals surface area contributed by atoms with Crippen molar-refractivity contribution >= 4 is 20.9 Å². The van der Waals surface area contributed by atoms with E-state index in [4.69, 9.17) is 0 Å². The van der Waals surface area contributed by atoms with Crippen LogP contribution in [0.25, 0.3) is 10.8 Å². The molecule has 0 aliphatic heterocycles. The Labute approximate surface area is 158 Å². The summed E-state index contributed by atoms with van der Waals surface area (Å²) in [4.78, 5) is 0.0639. The van der Waals surface area contributed by atoms with Crippen LogP contribution in [-0.4, -0.2) is 13.0 Å². The molecule has 98 valence electrons. The molecule has 0 bridgehead atoms. The Morgan fingerprint density at radius 2 is 1.84 bits per heavy atom. The molecule has 0 aliphatic carbocycles. The van der Waals surface area contributed by atoms with Crippen molar-refractivity contribution in [1.29, 1.82) is 0 Å². The first-order valence-electron chi connectivity index (χ1n) is 6.02. The molecule has 0 heterocycles. The molecule has 0 unspecified atom stereocenters. The van der Waals surface area contributed by atoms with Crippen molar-refractivity contribution in [2.24, 2.45) is 0 Å². The smallest absolute Gasteiger partial charge is 1.00 e. The Bertz CT molecular complexity index is 671. The minimum atomic E-state index is -4.19. The molecule has 1 N–H and O–H groups in total. The van der Waals surface area contributed by atoms with Crippen LogP contribution in [0.5, 0.6) is 0 Å². The van der Waals surface area contributed by atoms with Gasteiger partial charge in [0.25, 0.3) is 10.1 Å². The number of aryl methyl sites for hydroxylation is 1. The summed E-state index contributed by atoms with van der Waals surface area (Å²) < 4.78 is 32.6. The Morgan fingerprint density at radius 1 is 1.16 bits per heavy atom. The molecule has 5 heteroatoms. The van der Waals surface area contributed by atoms with Crippen LogP contribution in [-0.2, 0) is 16.5 Å². The van der Waals surface area contributed by atoms with Crippen LogP contribution < -0.4 is 51.4 Å². The number of fused-ring (bicyclic) bond motifs is 1. The first-order valence-corrected chi connectivity index (χ1v) is 7.46. The molecule has 2 aromatic carbocycles. The molecule has 0 saturated carbocycles. The number of hydrogen-bond donors (Lipinski definition) is 1. The van der Waals surface area contributed by atoms with Gasteiger partial charge in [-0.3, -0.25) is 4.55 Å². The second kappa shape index (κ2) is 7.31. The normalized spacial score (nSPS) is 11.3. The summed E-state index contributed by atoms with van der Waals surface area (Å²) in [5, 5.41) is 1.42. The van der Waals surface area contributed by atoms with E-state index in [1.54, 1.807) is 18.2 Å². The second-order valence-corrected chi connectivity index (χ2v) is 5.71. The number of benzene rings is 2. The van der Waals surface area contributed by atoms with Crippen LogP contribution in [0.4, 0.5) is 0 Å². The Balaban J connectivity index is 0.00000180. The van der Waals surface area contributed by atoms with Crippen molar-refractivity contribution in [3.05, 3.63) is 42.0 Å². The zero-order valence-electron chi connectivity index (χ0n) is 12.3. The molecule has 0 radical (unpaired) electrons. The maximum atomic E-state index is 11.6. The summed E-state index contributed by atoms with van der Waals surface area (Å²) in [6, 6.07) is 10.9. The Kier molecular flexibility index (Phi) is 6.66. The SMILES string of the molecule is CCCCc1ccc2ccccc2c1S(=O)(=O)O.[H-].[K+]. The van der Waals surface area contributed by atoms with Gasteiger partial charge in [-0.05, 0) is 23.8 Å². The molecule has 0 atom stereocenters. The average molecular weight is 304 g/mol. The van der Waals surface area contributed by atoms with Crippen molar-refractivity contribution < 1.29 is 65.8 Å². The zero-order valence-corrected chi connectivity index (χ0v) is 15.2. The summed E-state index contributed by atoms with van der Waals surface area (Å²) in [5.74, 6) is 0. The van der Waals surface area contributed by atoms with Gasteiger partial charge in [0.15, 0.2) is 0 Å². The van der Waals surface area contributed by atoms with Gasteiger partial charge >= 0.3 is 51.4 Å². The second-order valence-electron chi connectivity index (χ2n) is 4.35. The van der Waals surface area contributed by atoms with Crippen molar-refractivity contribution in [1.82, 2.24) is 0 Å². The molecule has 0 aromatic heterocycles. The van der Waals surface area contributed by atoms with E-state index >= 15 is 0 Å². The molecular weight excluding hydrogens is 287 g/mol. The summed E-state index contributed by atoms with van der Waals surface area (Å²) in [5.41, 5.74) is 0.693. The predicted octanol–water partition coefficient (Wildman–Crippen LogP) is 0.546. The maximum Gasteiger partial charge on any atom is 1.00 e. The fourth-order valence-electron chi connectivity index (χ4n) is 2.16. The molecule has 3 nitrogen and oxygen atoms in total. The van der Waals surface area contributed by atoms with Crippen LogP contribution in [0.2, 0.25) is 0 Å². The number of rotatable bonds is 4. The minimum Gasteiger partial charge on any atom is -1.00 e. The van der Waals surface area contributed by atoms with E-state index in [0.717, 1.165) is 18.2 Å². The van der Waals surface area contributed by atoms with Crippen molar-refractivity contribution in [2.45, 2.75) is 31.1 Å². The van der Waals surface area contributed by atoms with E-state index in [-0.39, 0.29) is 57.7 Å². The van der Waals surface area contributed by atoms with Gasteiger partial charge in [0.1, 0.15) is 4.90 Å². The molecule has 0 amide bonds. The molecule has 19 heavy (non-hydrogen) atoms. The number of hydrogen-bond acceptors (Lipinski definition) is 2. The summed E-state index contributed by atoms with van der Waals surface area (Å²) in [7, 11) is -4.19. The topological polar surface area (TPSA) is 54.4 Å². The van der Waals surface area contributed by atoms with Crippen molar-refractivity contribution in [3.8, 4) is 0 Å². The van der Waals surface area contributed by atoms with Gasteiger partial charge < -0.3 is 1.43 Å². The van der Waals surface area contributed by atoms with Crippen LogP contribution >= 0.6 is 0 Å². The maximum absolute atomic E-state index is 11.6. The number of unbranched alkanes of at least 4 members (excludes halogenated alkanes) is 1. The molecule has 0 aliphatic rings. The predicted molar refractivity (Wildman–Crippen MR) is 73.5 cm³/mol. The molecule has 2 aromatic rings. The van der Waals surface area contributed by atoms with Crippen LogP contribution in [0.1, 0.15) is 26.8 Å². The van der Waals surface area contributed by atoms with Gasteiger partial charge in [-0.15, -0.1) is 0 Å². The Morgan fingerprint density at radius 3 is 2.47 bits per heavy atom. The third-order valence-electron chi connectivity index (χ3n) is 3.02. The zero-order chi connectivity index (χ0) is 13.2. The summed E-state index contributed by atoms with van der Waals surface area (Å²) in [6.07, 6.45) is 2.55. The largest absolute Gasteiger partial charge is 1.00 e. The standard InChI is InChI=1S/C14H16O3S.K.H/c1-2-3-6-12-10-9-11-7-4-5-8-13(11)14(12)18(15,16)17;;/h4-5,7-10H,2-3,6H2,1H3,(H,15,16,17);;/q;+1;-1. The van der Waals surface area contributed by atoms with Gasteiger partial charge in [0.05, 0.1) is 0 Å². The molecule has 0 saturated heterocycles. The summed E-state index contributed by atoms with van der Waals surface area (Å²) in [6.45, 7) is 2.05. The van der Waals surface area contributed by atoms with E-state index in [9.17, 15) is 13.0 Å². The minimum absolute atomic E-state index is 0. The van der Waals surface area contributed by atoms with E-state index in [0.29, 0.717) is 17.4 Å². The van der Waals surface area contributed by atoms with Crippen molar-refractivity contribution in [3.63, 3.8) is 0 Å². The van der Waals surface area contributed by atoms with Crippen LogP contribution in [0.3, 0.4) is 0 Å². The molecule has 0 spiro atoms. The third-order valence-corrected chi connectivity index (χ3v) is 4.02. The van der Waals surface area contributed by atoms with Gasteiger partial charge in [-0.2, -0.15) is 8.42 Å². The van der Waals surface area contributed by atoms with E-state index < -0.39 is 10.1 Å². The van der Waals surface area contributed by atoms with Crippen LogP contribution in [0, 0.1) is 0 Å². The van der Waals surface area contributed by atoms with Gasteiger partial charge in [0, 0.05) is 5.39 Å². The van der Waals surface area contributed by atoms with Gasteiger partial charge in [0.2, 0.25) is 0 Å². The molecule has 0 fully saturated rings. The summed E-state index contributed by atoms with van der Waals surface area (Å²) >= 11 is 0. The average Bonchev–Trinajstić information content (AvgIpc) is 2.34. The molecular formula is C14H17KO3S. The quantitative estimate of drug-likeness (QED) is 0.663. The first-order chi connectivity index (χ1) is 8.54. The monoisotopic (exact) mass is 304 g/mol. The van der Waals surface area contributed by atoms with Crippen molar-refractivity contribution in [2.75, 3.05) is 0 Å². The van der Waals surface area contributed by atoms with E-state index in [2.05, 4.69) is 0 Å². The first kappa shape index (κ1) is 17.3. The third kappa shape index (κ3) is 4.11. The van der Waals surface area contributed by atoms with Gasteiger partial charge in [-0.1, -0.05) is 49.7 Å². The van der Waals surface area contributed by atoms with E-state index in [1.807, 2.05) is 25.1 Å². The van der Waals surface area contributed by atoms with Gasteiger partial charge in [-0.25, -0.2) is 0 Å². The Hall–Kier alpha value is 0.246. The molecule has 2 rings (SSSR count).